The molecule has 6 heteroatoms. The van der Waals surface area contributed by atoms with Gasteiger partial charge in [0.05, 0.1) is 16.9 Å². The lowest BCUT2D eigenvalue weighted by atomic mass is 10.1. The van der Waals surface area contributed by atoms with Crippen molar-refractivity contribution in [1.29, 1.82) is 0 Å². The summed E-state index contributed by atoms with van der Waals surface area (Å²) in [6.45, 7) is 1.87. The standard InChI is InChI=1S/C17H14ClN3S.ClH/c1-21-9-8-19-17(21)12-4-2-11(3-5-12)16-14-10-13(18)6-7-15(14)22-20-16;/h2-7,10H,8-9H2,1H3;1H. The van der Waals surface area contributed by atoms with Gasteiger partial charge < -0.3 is 4.90 Å². The Morgan fingerprint density at radius 1 is 1.09 bits per heavy atom. The molecule has 0 unspecified atom stereocenters. The number of benzene rings is 2. The van der Waals surface area contributed by atoms with E-state index in [4.69, 9.17) is 11.6 Å². The zero-order valence-corrected chi connectivity index (χ0v) is 14.9. The molecule has 0 fully saturated rings. The first kappa shape index (κ1) is 16.2. The molecule has 1 aliphatic heterocycles. The molecule has 2 heterocycles. The minimum atomic E-state index is 0. The summed E-state index contributed by atoms with van der Waals surface area (Å²) in [5.41, 5.74) is 3.26. The highest BCUT2D eigenvalue weighted by Crippen LogP contribution is 2.32. The number of aliphatic imine (C=N–C) groups is 1. The first-order valence-electron chi connectivity index (χ1n) is 7.14. The third kappa shape index (κ3) is 2.94. The van der Waals surface area contributed by atoms with Gasteiger partial charge in [0.15, 0.2) is 0 Å². The zero-order valence-electron chi connectivity index (χ0n) is 12.5. The fourth-order valence-electron chi connectivity index (χ4n) is 2.74. The van der Waals surface area contributed by atoms with Crippen LogP contribution in [-0.4, -0.2) is 35.2 Å². The van der Waals surface area contributed by atoms with E-state index < -0.39 is 0 Å². The van der Waals surface area contributed by atoms with Crippen molar-refractivity contribution in [1.82, 2.24) is 9.27 Å². The van der Waals surface area contributed by atoms with Gasteiger partial charge in [0.25, 0.3) is 0 Å². The Bertz CT molecular complexity index is 871. The maximum absolute atomic E-state index is 6.12. The molecule has 3 aromatic rings. The minimum Gasteiger partial charge on any atom is -0.358 e. The fourth-order valence-corrected chi connectivity index (χ4v) is 3.69. The number of amidine groups is 1. The molecule has 1 aliphatic rings. The molecule has 0 amide bonds. The molecule has 4 rings (SSSR count). The summed E-state index contributed by atoms with van der Waals surface area (Å²) in [4.78, 5) is 6.74. The third-order valence-corrected chi connectivity index (χ3v) is 4.97. The van der Waals surface area contributed by atoms with Gasteiger partial charge in [-0.3, -0.25) is 4.99 Å². The monoisotopic (exact) mass is 363 g/mol. The fraction of sp³-hybridized carbons (Fsp3) is 0.176. The SMILES string of the molecule is CN1CCN=C1c1ccc(-c2nsc3ccc(Cl)cc23)cc1.Cl. The van der Waals surface area contributed by atoms with Crippen molar-refractivity contribution >= 4 is 51.5 Å². The molecular formula is C17H15Cl2N3S. The third-order valence-electron chi connectivity index (χ3n) is 3.91. The van der Waals surface area contributed by atoms with E-state index in [2.05, 4.69) is 45.6 Å². The summed E-state index contributed by atoms with van der Waals surface area (Å²) >= 11 is 7.62. The number of halogens is 2. The topological polar surface area (TPSA) is 28.5 Å². The van der Waals surface area contributed by atoms with Gasteiger partial charge in [0.1, 0.15) is 5.84 Å². The van der Waals surface area contributed by atoms with E-state index in [1.54, 1.807) is 0 Å². The van der Waals surface area contributed by atoms with Crippen molar-refractivity contribution in [2.45, 2.75) is 0 Å². The van der Waals surface area contributed by atoms with Crippen molar-refractivity contribution < 1.29 is 0 Å². The summed E-state index contributed by atoms with van der Waals surface area (Å²) in [6.07, 6.45) is 0. The van der Waals surface area contributed by atoms with E-state index in [1.807, 2.05) is 18.2 Å². The van der Waals surface area contributed by atoms with Gasteiger partial charge in [-0.25, -0.2) is 0 Å². The van der Waals surface area contributed by atoms with Crippen molar-refractivity contribution in [2.75, 3.05) is 20.1 Å². The van der Waals surface area contributed by atoms with E-state index in [-0.39, 0.29) is 12.4 Å². The molecule has 2 aromatic carbocycles. The number of rotatable bonds is 2. The minimum absolute atomic E-state index is 0. The molecule has 0 radical (unpaired) electrons. The van der Waals surface area contributed by atoms with Gasteiger partial charge >= 0.3 is 0 Å². The Labute approximate surface area is 150 Å². The first-order valence-corrected chi connectivity index (χ1v) is 8.29. The van der Waals surface area contributed by atoms with Crippen LogP contribution in [-0.2, 0) is 0 Å². The highest BCUT2D eigenvalue weighted by molar-refractivity contribution is 7.13. The number of aromatic nitrogens is 1. The summed E-state index contributed by atoms with van der Waals surface area (Å²) in [5.74, 6) is 1.07. The molecular weight excluding hydrogens is 349 g/mol. The first-order chi connectivity index (χ1) is 10.7. The van der Waals surface area contributed by atoms with Gasteiger partial charge in [-0.15, -0.1) is 12.4 Å². The lowest BCUT2D eigenvalue weighted by Gasteiger charge is -2.13. The normalized spacial score (nSPS) is 14.0. The lowest BCUT2D eigenvalue weighted by Crippen LogP contribution is -2.23. The van der Waals surface area contributed by atoms with Gasteiger partial charge in [0.2, 0.25) is 0 Å². The van der Waals surface area contributed by atoms with Crippen molar-refractivity contribution in [3.63, 3.8) is 0 Å². The van der Waals surface area contributed by atoms with Crippen LogP contribution < -0.4 is 0 Å². The van der Waals surface area contributed by atoms with Gasteiger partial charge in [-0.2, -0.15) is 4.37 Å². The molecule has 0 bridgehead atoms. The van der Waals surface area contributed by atoms with Gasteiger partial charge in [-0.1, -0.05) is 35.9 Å². The maximum Gasteiger partial charge on any atom is 0.130 e. The Hall–Kier alpha value is -1.62. The van der Waals surface area contributed by atoms with Gasteiger partial charge in [-0.05, 0) is 29.7 Å². The summed E-state index contributed by atoms with van der Waals surface area (Å²) in [5, 5.41) is 1.85. The maximum atomic E-state index is 6.12. The van der Waals surface area contributed by atoms with Crippen LogP contribution in [0.2, 0.25) is 5.02 Å². The van der Waals surface area contributed by atoms with Crippen molar-refractivity contribution in [2.24, 2.45) is 4.99 Å². The second-order valence-electron chi connectivity index (χ2n) is 5.38. The van der Waals surface area contributed by atoms with Crippen molar-refractivity contribution in [3.05, 3.63) is 53.1 Å². The van der Waals surface area contributed by atoms with Gasteiger partial charge in [0, 0.05) is 35.1 Å². The van der Waals surface area contributed by atoms with Crippen LogP contribution in [0.25, 0.3) is 21.3 Å². The largest absolute Gasteiger partial charge is 0.358 e. The second kappa shape index (κ2) is 6.48. The predicted octanol–water partition coefficient (Wildman–Crippen LogP) is 4.73. The molecule has 0 saturated heterocycles. The summed E-state index contributed by atoms with van der Waals surface area (Å²) < 4.78 is 5.75. The van der Waals surface area contributed by atoms with Crippen LogP contribution in [0.3, 0.4) is 0 Å². The Morgan fingerprint density at radius 2 is 1.83 bits per heavy atom. The highest BCUT2D eigenvalue weighted by Gasteiger charge is 2.15. The quantitative estimate of drug-likeness (QED) is 0.658. The van der Waals surface area contributed by atoms with Crippen LogP contribution >= 0.6 is 35.5 Å². The predicted molar refractivity (Wildman–Crippen MR) is 101 cm³/mol. The molecule has 3 nitrogen and oxygen atoms in total. The van der Waals surface area contributed by atoms with E-state index in [0.717, 1.165) is 50.9 Å². The molecule has 0 aliphatic carbocycles. The molecule has 0 N–H and O–H groups in total. The van der Waals surface area contributed by atoms with E-state index in [9.17, 15) is 0 Å². The number of hydrogen-bond donors (Lipinski definition) is 0. The number of hydrogen-bond acceptors (Lipinski definition) is 4. The smallest absolute Gasteiger partial charge is 0.130 e. The molecule has 0 saturated carbocycles. The van der Waals surface area contributed by atoms with Crippen LogP contribution in [0.15, 0.2) is 47.5 Å². The molecule has 1 aromatic heterocycles. The Morgan fingerprint density at radius 3 is 2.52 bits per heavy atom. The zero-order chi connectivity index (χ0) is 15.1. The van der Waals surface area contributed by atoms with Crippen LogP contribution in [0.1, 0.15) is 5.56 Å². The number of fused-ring (bicyclic) bond motifs is 1. The van der Waals surface area contributed by atoms with Crippen LogP contribution in [0.4, 0.5) is 0 Å². The average molecular weight is 364 g/mol. The molecule has 0 atom stereocenters. The second-order valence-corrected chi connectivity index (χ2v) is 6.62. The molecule has 0 spiro atoms. The van der Waals surface area contributed by atoms with E-state index in [0.29, 0.717) is 0 Å². The average Bonchev–Trinajstić information content (AvgIpc) is 3.13. The molecule has 118 valence electrons. The van der Waals surface area contributed by atoms with Crippen molar-refractivity contribution in [3.8, 4) is 11.3 Å². The lowest BCUT2D eigenvalue weighted by molar-refractivity contribution is 0.557. The Balaban J connectivity index is 0.00000156. The Kier molecular flexibility index (Phi) is 4.57. The van der Waals surface area contributed by atoms with Crippen LogP contribution in [0.5, 0.6) is 0 Å². The van der Waals surface area contributed by atoms with E-state index >= 15 is 0 Å². The molecule has 23 heavy (non-hydrogen) atoms. The van der Waals surface area contributed by atoms with Crippen LogP contribution in [0, 0.1) is 0 Å². The van der Waals surface area contributed by atoms with E-state index in [1.165, 1.54) is 11.5 Å². The summed E-state index contributed by atoms with van der Waals surface area (Å²) in [6, 6.07) is 14.4. The highest BCUT2D eigenvalue weighted by atomic mass is 35.5. The summed E-state index contributed by atoms with van der Waals surface area (Å²) in [7, 11) is 2.08. The number of nitrogens with zero attached hydrogens (tertiary/aromatic N) is 3. The number of likely N-dealkylation sites (N-methyl/N-ethyl adjacent to an activating group) is 1.